The van der Waals surface area contributed by atoms with E-state index in [9.17, 15) is 4.21 Å². The Morgan fingerprint density at radius 3 is 1.00 bits per heavy atom. The molecular weight excluding hydrogens is 440 g/mol. The first-order chi connectivity index (χ1) is 14.3. The van der Waals surface area contributed by atoms with E-state index in [2.05, 4.69) is 13.8 Å². The molecule has 0 aromatic rings. The normalized spacial score (nSPS) is 15.9. The van der Waals surface area contributed by atoms with E-state index in [4.69, 9.17) is 26.6 Å². The average molecular weight is 487 g/mol. The summed E-state index contributed by atoms with van der Waals surface area (Å²) < 4.78 is 48.6. The first kappa shape index (κ1) is 30.3. The Balaban J connectivity index is 4.87. The van der Waals surface area contributed by atoms with Crippen molar-refractivity contribution in [1.82, 2.24) is 0 Å². The second kappa shape index (κ2) is 16.9. The van der Waals surface area contributed by atoms with Gasteiger partial charge in [-0.1, -0.05) is 13.8 Å². The Morgan fingerprint density at radius 2 is 0.800 bits per heavy atom. The van der Waals surface area contributed by atoms with Gasteiger partial charge in [-0.25, -0.2) is 0 Å². The highest BCUT2D eigenvalue weighted by Gasteiger charge is 2.47. The van der Waals surface area contributed by atoms with Crippen LogP contribution in [0, 0.1) is 0 Å². The minimum absolute atomic E-state index is 0.0995. The van der Waals surface area contributed by atoms with Crippen molar-refractivity contribution < 1.29 is 30.8 Å². The van der Waals surface area contributed by atoms with Crippen LogP contribution in [0.25, 0.3) is 0 Å². The van der Waals surface area contributed by atoms with Gasteiger partial charge < -0.3 is 26.6 Å². The third kappa shape index (κ3) is 9.87. The van der Waals surface area contributed by atoms with Crippen molar-refractivity contribution in [1.29, 1.82) is 0 Å². The van der Waals surface area contributed by atoms with E-state index in [1.807, 2.05) is 41.5 Å². The van der Waals surface area contributed by atoms with Crippen LogP contribution in [0.4, 0.5) is 0 Å². The molecule has 2 unspecified atom stereocenters. The molecule has 0 spiro atoms. The smallest absolute Gasteiger partial charge is 0.374 e. The Morgan fingerprint density at radius 1 is 0.567 bits per heavy atom. The summed E-state index contributed by atoms with van der Waals surface area (Å²) in [5, 5.41) is 0. The van der Waals surface area contributed by atoms with Crippen molar-refractivity contribution in [2.45, 2.75) is 79.3 Å². The van der Waals surface area contributed by atoms with Crippen LogP contribution in [0.3, 0.4) is 0 Å². The van der Waals surface area contributed by atoms with Gasteiger partial charge in [-0.2, -0.15) is 0 Å². The second-order valence-electron chi connectivity index (χ2n) is 7.03. The standard InChI is InChI=1S/C20H46O7SSi2/c1-9-22-29(23-10-2,24-11-3)19(7)15-17-28(21)18-16-20(8)30(25-12-4,26-13-5)27-14-6/h19-20H,9-18H2,1-8H3. The lowest BCUT2D eigenvalue weighted by atomic mass is 10.4. The Hall–Kier alpha value is 0.344. The molecule has 182 valence electrons. The van der Waals surface area contributed by atoms with Crippen molar-refractivity contribution in [2.24, 2.45) is 0 Å². The molecule has 0 aromatic carbocycles. The van der Waals surface area contributed by atoms with Gasteiger partial charge in [0.1, 0.15) is 0 Å². The molecule has 0 radical (unpaired) electrons. The molecule has 0 amide bonds. The molecule has 0 aliphatic rings. The average Bonchev–Trinajstić information content (AvgIpc) is 2.71. The van der Waals surface area contributed by atoms with E-state index < -0.39 is 28.4 Å². The van der Waals surface area contributed by atoms with E-state index in [0.29, 0.717) is 51.1 Å². The second-order valence-corrected chi connectivity index (χ2v) is 14.8. The zero-order chi connectivity index (χ0) is 23.0. The van der Waals surface area contributed by atoms with Gasteiger partial charge in [0, 0.05) is 73.0 Å². The van der Waals surface area contributed by atoms with E-state index in [1.165, 1.54) is 0 Å². The van der Waals surface area contributed by atoms with Crippen LogP contribution < -0.4 is 0 Å². The zero-order valence-corrected chi connectivity index (χ0v) is 23.3. The lowest BCUT2D eigenvalue weighted by Crippen LogP contribution is -2.50. The molecule has 10 heteroatoms. The molecule has 0 saturated carbocycles. The van der Waals surface area contributed by atoms with E-state index >= 15 is 0 Å². The highest BCUT2D eigenvalue weighted by atomic mass is 32.2. The van der Waals surface area contributed by atoms with E-state index in [0.717, 1.165) is 12.8 Å². The van der Waals surface area contributed by atoms with Crippen molar-refractivity contribution >= 4 is 28.4 Å². The zero-order valence-electron chi connectivity index (χ0n) is 20.5. The summed E-state index contributed by atoms with van der Waals surface area (Å²) in [6, 6.07) is 0. The third-order valence-corrected chi connectivity index (χ3v) is 13.4. The lowest BCUT2D eigenvalue weighted by molar-refractivity contribution is 0.0615. The largest absolute Gasteiger partial charge is 0.503 e. The molecule has 0 fully saturated rings. The summed E-state index contributed by atoms with van der Waals surface area (Å²) in [6.45, 7) is 19.2. The Labute approximate surface area is 189 Å². The monoisotopic (exact) mass is 486 g/mol. The fourth-order valence-electron chi connectivity index (χ4n) is 3.38. The predicted molar refractivity (Wildman–Crippen MR) is 127 cm³/mol. The molecule has 0 aromatic heterocycles. The van der Waals surface area contributed by atoms with Crippen LogP contribution >= 0.6 is 0 Å². The SMILES string of the molecule is CCO[Si](OCC)(OCC)C(C)CCS(=O)CCC(C)[Si](OCC)(OCC)OCC. The van der Waals surface area contributed by atoms with Crippen molar-refractivity contribution in [3.63, 3.8) is 0 Å². The maximum Gasteiger partial charge on any atom is 0.503 e. The Kier molecular flexibility index (Phi) is 17.1. The number of rotatable bonds is 20. The molecule has 0 rings (SSSR count). The molecule has 0 heterocycles. The quantitative estimate of drug-likeness (QED) is 0.236. The lowest BCUT2D eigenvalue weighted by Gasteiger charge is -2.34. The summed E-state index contributed by atoms with van der Waals surface area (Å²) in [5.74, 6) is 1.20. The number of hydrogen-bond donors (Lipinski definition) is 0. The van der Waals surface area contributed by atoms with Gasteiger partial charge in [-0.3, -0.25) is 4.21 Å². The third-order valence-electron chi connectivity index (χ3n) is 4.84. The first-order valence-electron chi connectivity index (χ1n) is 11.5. The molecule has 0 aliphatic carbocycles. The van der Waals surface area contributed by atoms with Gasteiger partial charge in [-0.05, 0) is 54.4 Å². The molecule has 0 bridgehead atoms. The van der Waals surface area contributed by atoms with Gasteiger partial charge in [0.05, 0.1) is 0 Å². The summed E-state index contributed by atoms with van der Waals surface area (Å²) in [6.07, 6.45) is 1.50. The van der Waals surface area contributed by atoms with Crippen LogP contribution in [0.2, 0.25) is 11.1 Å². The fourth-order valence-corrected chi connectivity index (χ4v) is 10.9. The van der Waals surface area contributed by atoms with E-state index in [-0.39, 0.29) is 11.1 Å². The maximum absolute atomic E-state index is 12.8. The van der Waals surface area contributed by atoms with E-state index in [1.54, 1.807) is 0 Å². The van der Waals surface area contributed by atoms with Crippen molar-refractivity contribution in [3.05, 3.63) is 0 Å². The molecular formula is C20H46O7SSi2. The minimum atomic E-state index is -2.76. The van der Waals surface area contributed by atoms with Gasteiger partial charge >= 0.3 is 17.6 Å². The molecule has 0 saturated heterocycles. The van der Waals surface area contributed by atoms with Crippen molar-refractivity contribution in [3.8, 4) is 0 Å². The summed E-state index contributed by atoms with van der Waals surface area (Å²) in [5.41, 5.74) is 0.199. The van der Waals surface area contributed by atoms with Crippen LogP contribution in [0.5, 0.6) is 0 Å². The van der Waals surface area contributed by atoms with Crippen LogP contribution in [0.15, 0.2) is 0 Å². The highest BCUT2D eigenvalue weighted by molar-refractivity contribution is 7.84. The van der Waals surface area contributed by atoms with Crippen molar-refractivity contribution in [2.75, 3.05) is 51.1 Å². The predicted octanol–water partition coefficient (Wildman–Crippen LogP) is 4.39. The molecule has 0 aliphatic heterocycles. The molecule has 7 nitrogen and oxygen atoms in total. The molecule has 0 N–H and O–H groups in total. The summed E-state index contributed by atoms with van der Waals surface area (Å²) in [7, 11) is -6.46. The Bertz CT molecular complexity index is 385. The minimum Gasteiger partial charge on any atom is -0.374 e. The van der Waals surface area contributed by atoms with Crippen LogP contribution in [0.1, 0.15) is 68.2 Å². The topological polar surface area (TPSA) is 72.5 Å². The first-order valence-corrected chi connectivity index (χ1v) is 16.6. The van der Waals surface area contributed by atoms with Crippen LogP contribution in [-0.4, -0.2) is 73.0 Å². The highest BCUT2D eigenvalue weighted by Crippen LogP contribution is 2.31. The maximum atomic E-state index is 12.8. The van der Waals surface area contributed by atoms with Gasteiger partial charge in [0.25, 0.3) is 0 Å². The van der Waals surface area contributed by atoms with Gasteiger partial charge in [0.2, 0.25) is 0 Å². The van der Waals surface area contributed by atoms with Gasteiger partial charge in [0.15, 0.2) is 0 Å². The molecule has 2 atom stereocenters. The summed E-state index contributed by atoms with van der Waals surface area (Å²) >= 11 is 0. The fraction of sp³-hybridized carbons (Fsp3) is 1.00. The number of hydrogen-bond acceptors (Lipinski definition) is 7. The summed E-state index contributed by atoms with van der Waals surface area (Å²) in [4.78, 5) is 0. The molecule has 30 heavy (non-hydrogen) atoms. The van der Waals surface area contributed by atoms with Crippen LogP contribution in [-0.2, 0) is 37.4 Å². The van der Waals surface area contributed by atoms with Gasteiger partial charge in [-0.15, -0.1) is 0 Å².